The molecule has 0 bridgehead atoms. The van der Waals surface area contributed by atoms with Crippen LogP contribution in [0.25, 0.3) is 6.08 Å². The maximum absolute atomic E-state index is 13.3. The van der Waals surface area contributed by atoms with Gasteiger partial charge >= 0.3 is 0 Å². The second-order valence-corrected chi connectivity index (χ2v) is 11.2. The van der Waals surface area contributed by atoms with Gasteiger partial charge in [0.25, 0.3) is 17.5 Å². The Balaban J connectivity index is 1.47. The number of nitrogens with zero attached hydrogens (tertiary/aromatic N) is 1. The molecule has 3 N–H and O–H groups in total. The molecule has 218 valence electrons. The van der Waals surface area contributed by atoms with Crippen LogP contribution in [0.15, 0.2) is 108 Å². The third-order valence-corrected chi connectivity index (χ3v) is 7.36. The molecule has 0 aliphatic heterocycles. The summed E-state index contributed by atoms with van der Waals surface area (Å²) < 4.78 is 0. The molecule has 0 aromatic heterocycles. The van der Waals surface area contributed by atoms with Crippen LogP contribution in [0.2, 0.25) is 0 Å². The molecule has 0 heterocycles. The van der Waals surface area contributed by atoms with Gasteiger partial charge in [0.15, 0.2) is 0 Å². The summed E-state index contributed by atoms with van der Waals surface area (Å²) in [5.74, 6) is -1.34. The lowest BCUT2D eigenvalue weighted by atomic mass is 10.1. The van der Waals surface area contributed by atoms with Crippen molar-refractivity contribution in [2.45, 2.75) is 30.9 Å². The number of benzene rings is 4. The molecule has 9 nitrogen and oxygen atoms in total. The predicted octanol–water partition coefficient (Wildman–Crippen LogP) is 6.74. The Morgan fingerprint density at radius 1 is 0.814 bits per heavy atom. The summed E-state index contributed by atoms with van der Waals surface area (Å²) in [6.07, 6.45) is 1.27. The highest BCUT2D eigenvalue weighted by Gasteiger charge is 2.19. The van der Waals surface area contributed by atoms with Gasteiger partial charge in [-0.15, -0.1) is 11.8 Å². The lowest BCUT2D eigenvalue weighted by molar-refractivity contribution is -0.385. The molecule has 3 amide bonds. The number of aryl methyl sites for hydroxylation is 2. The third kappa shape index (κ3) is 8.64. The van der Waals surface area contributed by atoms with Crippen LogP contribution in [0.5, 0.6) is 0 Å². The summed E-state index contributed by atoms with van der Waals surface area (Å²) in [6.45, 7) is 5.76. The lowest BCUT2D eigenvalue weighted by Crippen LogP contribution is -2.30. The van der Waals surface area contributed by atoms with Gasteiger partial charge in [-0.1, -0.05) is 36.4 Å². The Labute approximate surface area is 253 Å². The monoisotopic (exact) mass is 594 g/mol. The molecule has 4 aromatic carbocycles. The minimum atomic E-state index is -0.663. The summed E-state index contributed by atoms with van der Waals surface area (Å²) in [7, 11) is 0. The quantitative estimate of drug-likeness (QED) is 0.0807. The fourth-order valence-corrected chi connectivity index (χ4v) is 5.10. The van der Waals surface area contributed by atoms with E-state index in [-0.39, 0.29) is 28.1 Å². The first-order chi connectivity index (χ1) is 20.6. The number of carbonyl (C=O) groups is 3. The van der Waals surface area contributed by atoms with Gasteiger partial charge in [-0.25, -0.2) is 0 Å². The second-order valence-electron chi connectivity index (χ2n) is 9.80. The van der Waals surface area contributed by atoms with Crippen molar-refractivity contribution >= 4 is 52.6 Å². The summed E-state index contributed by atoms with van der Waals surface area (Å²) in [6, 6.07) is 27.0. The van der Waals surface area contributed by atoms with Crippen molar-refractivity contribution in [1.29, 1.82) is 0 Å². The SMILES string of the molecule is Cc1cc(C)cc(NC(=O)C(C)Sc2ccc(NC(=O)/C(=C/c3ccccc3[N+](=O)[O-])NC(=O)c3ccccc3)cc2)c1. The zero-order valence-corrected chi connectivity index (χ0v) is 24.6. The van der Waals surface area contributed by atoms with E-state index in [1.807, 2.05) is 39.0 Å². The summed E-state index contributed by atoms with van der Waals surface area (Å²) in [5, 5.41) is 19.4. The van der Waals surface area contributed by atoms with Gasteiger partial charge < -0.3 is 16.0 Å². The molecular formula is C33H30N4O5S. The van der Waals surface area contributed by atoms with Gasteiger partial charge in [0.1, 0.15) is 5.70 Å². The van der Waals surface area contributed by atoms with E-state index in [0.717, 1.165) is 21.7 Å². The highest BCUT2D eigenvalue weighted by atomic mass is 32.2. The number of nitrogens with one attached hydrogen (secondary N) is 3. The van der Waals surface area contributed by atoms with Gasteiger partial charge in [-0.2, -0.15) is 0 Å². The highest BCUT2D eigenvalue weighted by Crippen LogP contribution is 2.27. The van der Waals surface area contributed by atoms with Crippen molar-refractivity contribution in [1.82, 2.24) is 5.32 Å². The number of hydrogen-bond acceptors (Lipinski definition) is 6. The number of amides is 3. The maximum atomic E-state index is 13.3. The molecule has 4 aromatic rings. The molecule has 1 unspecified atom stereocenters. The van der Waals surface area contributed by atoms with Crippen LogP contribution in [0.4, 0.5) is 17.1 Å². The minimum absolute atomic E-state index is 0.133. The standard InChI is InChI=1S/C33H30N4O5S/c1-21-17-22(2)19-27(18-21)35-31(38)23(3)43-28-15-13-26(14-16-28)34-33(40)29(36-32(39)24-9-5-4-6-10-24)20-25-11-7-8-12-30(25)37(41)42/h4-20,23H,1-3H3,(H,34,40)(H,35,38)(H,36,39)/b29-20-. The van der Waals surface area contributed by atoms with Crippen LogP contribution in [-0.2, 0) is 9.59 Å². The van der Waals surface area contributed by atoms with Crippen LogP contribution in [0, 0.1) is 24.0 Å². The van der Waals surface area contributed by atoms with Crippen molar-refractivity contribution in [3.05, 3.63) is 135 Å². The zero-order chi connectivity index (χ0) is 30.9. The average Bonchev–Trinajstić information content (AvgIpc) is 2.97. The van der Waals surface area contributed by atoms with Crippen molar-refractivity contribution in [3.8, 4) is 0 Å². The molecule has 0 radical (unpaired) electrons. The summed E-state index contributed by atoms with van der Waals surface area (Å²) >= 11 is 1.37. The molecule has 4 rings (SSSR count). The lowest BCUT2D eigenvalue weighted by Gasteiger charge is -2.14. The first kappa shape index (κ1) is 30.7. The third-order valence-electron chi connectivity index (χ3n) is 6.25. The largest absolute Gasteiger partial charge is 0.325 e. The van der Waals surface area contributed by atoms with Gasteiger partial charge in [-0.05, 0) is 92.6 Å². The van der Waals surface area contributed by atoms with Gasteiger partial charge in [-0.3, -0.25) is 24.5 Å². The number of hydrogen-bond donors (Lipinski definition) is 3. The number of para-hydroxylation sites is 1. The van der Waals surface area contributed by atoms with E-state index in [4.69, 9.17) is 0 Å². The van der Waals surface area contributed by atoms with Crippen LogP contribution in [-0.4, -0.2) is 27.9 Å². The topological polar surface area (TPSA) is 130 Å². The van der Waals surface area contributed by atoms with Crippen molar-refractivity contribution in [3.63, 3.8) is 0 Å². The number of nitro benzene ring substituents is 1. The Bertz CT molecular complexity index is 1670. The number of thioether (sulfide) groups is 1. The van der Waals surface area contributed by atoms with Crippen LogP contribution in [0.1, 0.15) is 34.0 Å². The van der Waals surface area contributed by atoms with Crippen LogP contribution >= 0.6 is 11.8 Å². The van der Waals surface area contributed by atoms with E-state index < -0.39 is 16.7 Å². The van der Waals surface area contributed by atoms with Crippen LogP contribution in [0.3, 0.4) is 0 Å². The predicted molar refractivity (Wildman–Crippen MR) is 170 cm³/mol. The number of nitro groups is 1. The van der Waals surface area contributed by atoms with E-state index >= 15 is 0 Å². The number of anilines is 2. The van der Waals surface area contributed by atoms with Gasteiger partial charge in [0, 0.05) is 27.9 Å². The number of carbonyl (C=O) groups excluding carboxylic acids is 3. The Morgan fingerprint density at radius 2 is 1.44 bits per heavy atom. The molecule has 0 saturated carbocycles. The molecule has 0 spiro atoms. The Hall–Kier alpha value is -5.22. The first-order valence-electron chi connectivity index (χ1n) is 13.4. The van der Waals surface area contributed by atoms with E-state index in [0.29, 0.717) is 11.3 Å². The van der Waals surface area contributed by atoms with Gasteiger partial charge in [0.2, 0.25) is 5.91 Å². The van der Waals surface area contributed by atoms with E-state index in [1.54, 1.807) is 60.7 Å². The second kappa shape index (κ2) is 14.1. The van der Waals surface area contributed by atoms with Crippen LogP contribution < -0.4 is 16.0 Å². The van der Waals surface area contributed by atoms with Crippen molar-refractivity contribution in [2.75, 3.05) is 10.6 Å². The molecule has 0 aliphatic rings. The zero-order valence-electron chi connectivity index (χ0n) is 23.8. The van der Waals surface area contributed by atoms with Gasteiger partial charge in [0.05, 0.1) is 15.7 Å². The fraction of sp³-hybridized carbons (Fsp3) is 0.121. The maximum Gasteiger partial charge on any atom is 0.276 e. The molecule has 0 fully saturated rings. The molecule has 0 saturated heterocycles. The van der Waals surface area contributed by atoms with E-state index in [1.165, 1.54) is 36.0 Å². The van der Waals surface area contributed by atoms with Crippen molar-refractivity contribution in [2.24, 2.45) is 0 Å². The minimum Gasteiger partial charge on any atom is -0.325 e. The van der Waals surface area contributed by atoms with E-state index in [9.17, 15) is 24.5 Å². The van der Waals surface area contributed by atoms with Crippen molar-refractivity contribution < 1.29 is 19.3 Å². The fourth-order valence-electron chi connectivity index (χ4n) is 4.24. The molecule has 43 heavy (non-hydrogen) atoms. The smallest absolute Gasteiger partial charge is 0.276 e. The molecule has 1 atom stereocenters. The first-order valence-corrected chi connectivity index (χ1v) is 14.3. The highest BCUT2D eigenvalue weighted by molar-refractivity contribution is 8.00. The van der Waals surface area contributed by atoms with E-state index in [2.05, 4.69) is 16.0 Å². The normalized spacial score (nSPS) is 11.7. The molecule has 10 heteroatoms. The summed E-state index contributed by atoms with van der Waals surface area (Å²) in [4.78, 5) is 50.7. The Morgan fingerprint density at radius 3 is 2.09 bits per heavy atom. The molecule has 0 aliphatic carbocycles. The number of rotatable bonds is 10. The average molecular weight is 595 g/mol. The summed E-state index contributed by atoms with van der Waals surface area (Å²) in [5.41, 5.74) is 3.41. The molecular weight excluding hydrogens is 564 g/mol. The Kier molecular flexibility index (Phi) is 10.1.